The van der Waals surface area contributed by atoms with Gasteiger partial charge >= 0.3 is 5.97 Å². The minimum absolute atomic E-state index is 0.0514. The Kier molecular flexibility index (Phi) is 4.68. The van der Waals surface area contributed by atoms with Crippen molar-refractivity contribution < 1.29 is 19.4 Å². The van der Waals surface area contributed by atoms with Crippen LogP contribution >= 0.6 is 0 Å². The number of hydrogen-bond acceptors (Lipinski definition) is 5. The molecule has 23 heavy (non-hydrogen) atoms. The van der Waals surface area contributed by atoms with E-state index in [0.29, 0.717) is 16.8 Å². The molecular weight excluding hydrogens is 298 g/mol. The molecule has 2 heterocycles. The van der Waals surface area contributed by atoms with Crippen LogP contribution in [0.5, 0.6) is 5.75 Å². The van der Waals surface area contributed by atoms with E-state index in [1.165, 1.54) is 12.3 Å². The Morgan fingerprint density at radius 3 is 2.65 bits per heavy atom. The highest BCUT2D eigenvalue weighted by atomic mass is 16.5. The molecule has 0 aromatic carbocycles. The first-order valence-corrected chi connectivity index (χ1v) is 7.16. The lowest BCUT2D eigenvalue weighted by atomic mass is 10.1. The number of nitrogens with one attached hydrogen (secondary N) is 2. The van der Waals surface area contributed by atoms with Crippen molar-refractivity contribution in [1.29, 1.82) is 0 Å². The fourth-order valence-corrected chi connectivity index (χ4v) is 2.22. The third-order valence-corrected chi connectivity index (χ3v) is 3.23. The number of hydrogen-bond donors (Lipinski definition) is 3. The zero-order valence-electron chi connectivity index (χ0n) is 13.4. The third kappa shape index (κ3) is 3.50. The Hall–Kier alpha value is -2.83. The molecule has 0 aliphatic carbocycles. The molecule has 2 aromatic heterocycles. The second-order valence-electron chi connectivity index (χ2n) is 5.40. The van der Waals surface area contributed by atoms with Gasteiger partial charge in [-0.1, -0.05) is 0 Å². The second-order valence-corrected chi connectivity index (χ2v) is 5.40. The van der Waals surface area contributed by atoms with Crippen LogP contribution < -0.4 is 5.32 Å². The minimum atomic E-state index is -0.497. The van der Waals surface area contributed by atoms with Gasteiger partial charge < -0.3 is 20.1 Å². The summed E-state index contributed by atoms with van der Waals surface area (Å²) in [5.74, 6) is -1.06. The first-order chi connectivity index (χ1) is 10.8. The Bertz CT molecular complexity index is 750. The van der Waals surface area contributed by atoms with Crippen LogP contribution in [0, 0.1) is 13.8 Å². The van der Waals surface area contributed by atoms with Gasteiger partial charge in [-0.2, -0.15) is 0 Å². The van der Waals surface area contributed by atoms with Crippen molar-refractivity contribution in [2.45, 2.75) is 33.8 Å². The number of aromatic nitrogens is 2. The maximum absolute atomic E-state index is 12.4. The largest absolute Gasteiger partial charge is 0.504 e. The topological polar surface area (TPSA) is 104 Å². The summed E-state index contributed by atoms with van der Waals surface area (Å²) < 4.78 is 5.19. The first kappa shape index (κ1) is 16.5. The lowest BCUT2D eigenvalue weighted by Crippen LogP contribution is -2.16. The third-order valence-electron chi connectivity index (χ3n) is 3.23. The summed E-state index contributed by atoms with van der Waals surface area (Å²) in [7, 11) is 0. The molecule has 0 radical (unpaired) electrons. The fourth-order valence-electron chi connectivity index (χ4n) is 2.22. The summed E-state index contributed by atoms with van der Waals surface area (Å²) >= 11 is 0. The molecular formula is C16H19N3O4. The molecule has 3 N–H and O–H groups in total. The smallest absolute Gasteiger partial charge is 0.340 e. The van der Waals surface area contributed by atoms with Gasteiger partial charge in [-0.3, -0.25) is 4.79 Å². The monoisotopic (exact) mass is 317 g/mol. The van der Waals surface area contributed by atoms with Gasteiger partial charge in [0.2, 0.25) is 0 Å². The molecule has 0 fully saturated rings. The van der Waals surface area contributed by atoms with Crippen molar-refractivity contribution >= 4 is 17.7 Å². The van der Waals surface area contributed by atoms with E-state index in [9.17, 15) is 14.7 Å². The number of amides is 1. The van der Waals surface area contributed by atoms with Crippen molar-refractivity contribution in [2.75, 3.05) is 5.32 Å². The second kappa shape index (κ2) is 6.51. The van der Waals surface area contributed by atoms with E-state index in [-0.39, 0.29) is 23.4 Å². The van der Waals surface area contributed by atoms with Gasteiger partial charge in [0.15, 0.2) is 11.6 Å². The number of nitrogens with zero attached hydrogens (tertiary/aromatic N) is 1. The van der Waals surface area contributed by atoms with E-state index >= 15 is 0 Å². The van der Waals surface area contributed by atoms with Crippen LogP contribution in [-0.4, -0.2) is 33.1 Å². The number of pyridine rings is 1. The highest BCUT2D eigenvalue weighted by molar-refractivity contribution is 6.06. The summed E-state index contributed by atoms with van der Waals surface area (Å²) in [6.45, 7) is 6.87. The molecule has 0 saturated carbocycles. The summed E-state index contributed by atoms with van der Waals surface area (Å²) in [5.41, 5.74) is 1.60. The molecule has 0 aliphatic rings. The zero-order chi connectivity index (χ0) is 17.1. The average Bonchev–Trinajstić information content (AvgIpc) is 2.75. The van der Waals surface area contributed by atoms with Crippen molar-refractivity contribution in [1.82, 2.24) is 9.97 Å². The van der Waals surface area contributed by atoms with Crippen molar-refractivity contribution in [2.24, 2.45) is 0 Å². The molecule has 0 atom stereocenters. The predicted molar refractivity (Wildman–Crippen MR) is 84.7 cm³/mol. The maximum atomic E-state index is 12.4. The van der Waals surface area contributed by atoms with Gasteiger partial charge in [-0.25, -0.2) is 9.78 Å². The van der Waals surface area contributed by atoms with E-state index in [4.69, 9.17) is 4.74 Å². The molecule has 7 heteroatoms. The molecule has 7 nitrogen and oxygen atoms in total. The average molecular weight is 317 g/mol. The van der Waals surface area contributed by atoms with Crippen LogP contribution in [0.2, 0.25) is 0 Å². The van der Waals surface area contributed by atoms with Crippen LogP contribution in [0.1, 0.15) is 46.0 Å². The molecule has 0 bridgehead atoms. The van der Waals surface area contributed by atoms with Gasteiger partial charge in [0.05, 0.1) is 11.7 Å². The highest BCUT2D eigenvalue weighted by Gasteiger charge is 2.24. The number of aryl methyl sites for hydroxylation is 1. The van der Waals surface area contributed by atoms with Crippen LogP contribution in [0.25, 0.3) is 0 Å². The standard InChI is InChI=1S/C16H19N3O4/c1-8(2)23-16(22)12-9(3)13(18-10(12)4)15(21)19-14-11(20)6-5-7-17-14/h5-8,18,20H,1-4H3,(H,17,19,21). The minimum Gasteiger partial charge on any atom is -0.504 e. The maximum Gasteiger partial charge on any atom is 0.340 e. The summed E-state index contributed by atoms with van der Waals surface area (Å²) in [5, 5.41) is 12.2. The van der Waals surface area contributed by atoms with Gasteiger partial charge in [-0.15, -0.1) is 0 Å². The number of H-pyrrole nitrogens is 1. The lowest BCUT2D eigenvalue weighted by Gasteiger charge is -2.08. The SMILES string of the molecule is Cc1[nH]c(C(=O)Nc2ncccc2O)c(C)c1C(=O)OC(C)C. The van der Waals surface area contributed by atoms with Gasteiger partial charge in [-0.05, 0) is 45.4 Å². The van der Waals surface area contributed by atoms with Crippen molar-refractivity contribution in [3.05, 3.63) is 40.8 Å². The molecule has 0 spiro atoms. The van der Waals surface area contributed by atoms with Crippen molar-refractivity contribution in [3.8, 4) is 5.75 Å². The molecule has 0 saturated heterocycles. The quantitative estimate of drug-likeness (QED) is 0.752. The van der Waals surface area contributed by atoms with Crippen LogP contribution in [0.3, 0.4) is 0 Å². The molecule has 1 amide bonds. The summed E-state index contributed by atoms with van der Waals surface area (Å²) in [6, 6.07) is 2.97. The zero-order valence-corrected chi connectivity index (χ0v) is 13.4. The molecule has 2 aromatic rings. The first-order valence-electron chi connectivity index (χ1n) is 7.16. The Balaban J connectivity index is 2.29. The molecule has 122 valence electrons. The van der Waals surface area contributed by atoms with Crippen LogP contribution in [-0.2, 0) is 4.74 Å². The molecule has 2 rings (SSSR count). The van der Waals surface area contributed by atoms with E-state index in [0.717, 1.165) is 0 Å². The Morgan fingerprint density at radius 1 is 1.35 bits per heavy atom. The van der Waals surface area contributed by atoms with E-state index in [1.807, 2.05) is 0 Å². The number of rotatable bonds is 4. The van der Waals surface area contributed by atoms with E-state index in [2.05, 4.69) is 15.3 Å². The van der Waals surface area contributed by atoms with Crippen LogP contribution in [0.4, 0.5) is 5.82 Å². The molecule has 0 aliphatic heterocycles. The number of aromatic amines is 1. The molecule has 0 unspecified atom stereocenters. The van der Waals surface area contributed by atoms with Crippen molar-refractivity contribution in [3.63, 3.8) is 0 Å². The van der Waals surface area contributed by atoms with E-state index in [1.54, 1.807) is 33.8 Å². The number of anilines is 1. The fraction of sp³-hybridized carbons (Fsp3) is 0.312. The van der Waals surface area contributed by atoms with Gasteiger partial charge in [0.25, 0.3) is 5.91 Å². The number of aromatic hydroxyl groups is 1. The van der Waals surface area contributed by atoms with Crippen LogP contribution in [0.15, 0.2) is 18.3 Å². The number of esters is 1. The number of ether oxygens (including phenoxy) is 1. The summed E-state index contributed by atoms with van der Waals surface area (Å²) in [4.78, 5) is 31.2. The highest BCUT2D eigenvalue weighted by Crippen LogP contribution is 2.23. The number of carbonyl (C=O) groups excluding carboxylic acids is 2. The number of carbonyl (C=O) groups is 2. The van der Waals surface area contributed by atoms with Gasteiger partial charge in [0, 0.05) is 11.9 Å². The lowest BCUT2D eigenvalue weighted by molar-refractivity contribution is 0.0376. The Labute approximate surface area is 133 Å². The summed E-state index contributed by atoms with van der Waals surface area (Å²) in [6.07, 6.45) is 1.20. The van der Waals surface area contributed by atoms with E-state index < -0.39 is 11.9 Å². The Morgan fingerprint density at radius 2 is 2.04 bits per heavy atom. The predicted octanol–water partition coefficient (Wildman–Crippen LogP) is 2.55. The van der Waals surface area contributed by atoms with Gasteiger partial charge in [0.1, 0.15) is 5.69 Å². The normalized spacial score (nSPS) is 10.7.